The van der Waals surface area contributed by atoms with Gasteiger partial charge in [0.2, 0.25) is 5.91 Å². The first kappa shape index (κ1) is 19.8. The lowest BCUT2D eigenvalue weighted by molar-refractivity contribution is -0.123. The molecule has 23 heavy (non-hydrogen) atoms. The molecule has 3 N–H and O–H groups in total. The first-order valence-corrected chi connectivity index (χ1v) is 9.50. The fourth-order valence-electron chi connectivity index (χ4n) is 2.24. The van der Waals surface area contributed by atoms with Crippen LogP contribution in [-0.2, 0) is 13.9 Å². The molecular formula is C16H26NO5P. The molecule has 1 atom stereocenters. The molecule has 0 spiro atoms. The standard InChI is InChI=1S/C16H26NO5P/c1-2-3-4-5-9-12-17-16(18)15(13-22-23(19,20)21)14-10-7-6-8-11-14/h6-8,10-11,15H,2-5,9,12-13H2,1H3,(H,17,18)(H2,19,20,21). The van der Waals surface area contributed by atoms with Crippen LogP contribution >= 0.6 is 7.82 Å². The van der Waals surface area contributed by atoms with Crippen molar-refractivity contribution in [2.24, 2.45) is 0 Å². The van der Waals surface area contributed by atoms with Gasteiger partial charge in [-0.2, -0.15) is 0 Å². The number of amides is 1. The Morgan fingerprint density at radius 3 is 2.43 bits per heavy atom. The number of rotatable bonds is 11. The number of phosphoric acid groups is 1. The SMILES string of the molecule is CCCCCCCNC(=O)C(COP(=O)(O)O)c1ccccc1. The van der Waals surface area contributed by atoms with Crippen molar-refractivity contribution in [2.45, 2.75) is 44.9 Å². The van der Waals surface area contributed by atoms with Gasteiger partial charge in [-0.1, -0.05) is 62.9 Å². The molecule has 0 saturated heterocycles. The molecule has 0 fully saturated rings. The molecule has 0 radical (unpaired) electrons. The molecule has 0 bridgehead atoms. The summed E-state index contributed by atoms with van der Waals surface area (Å²) in [5.74, 6) is -1.01. The summed E-state index contributed by atoms with van der Waals surface area (Å²) < 4.78 is 15.4. The highest BCUT2D eigenvalue weighted by atomic mass is 31.2. The Morgan fingerprint density at radius 2 is 1.83 bits per heavy atom. The van der Waals surface area contributed by atoms with Crippen LogP contribution in [0.2, 0.25) is 0 Å². The van der Waals surface area contributed by atoms with Gasteiger partial charge in [0, 0.05) is 6.54 Å². The lowest BCUT2D eigenvalue weighted by atomic mass is 9.99. The summed E-state index contributed by atoms with van der Waals surface area (Å²) >= 11 is 0. The van der Waals surface area contributed by atoms with E-state index < -0.39 is 13.7 Å². The van der Waals surface area contributed by atoms with Gasteiger partial charge in [0.25, 0.3) is 0 Å². The molecule has 0 aromatic heterocycles. The highest BCUT2D eigenvalue weighted by Gasteiger charge is 2.25. The molecule has 0 aliphatic heterocycles. The van der Waals surface area contributed by atoms with E-state index in [1.807, 2.05) is 6.07 Å². The van der Waals surface area contributed by atoms with Crippen molar-refractivity contribution in [1.82, 2.24) is 5.32 Å². The summed E-state index contributed by atoms with van der Waals surface area (Å²) in [7, 11) is -4.60. The smallest absolute Gasteiger partial charge is 0.355 e. The lowest BCUT2D eigenvalue weighted by Gasteiger charge is -2.17. The van der Waals surface area contributed by atoms with Crippen molar-refractivity contribution in [3.05, 3.63) is 35.9 Å². The number of hydrogen-bond acceptors (Lipinski definition) is 3. The van der Waals surface area contributed by atoms with Crippen LogP contribution in [0.15, 0.2) is 30.3 Å². The summed E-state index contributed by atoms with van der Waals surface area (Å²) in [6.45, 7) is 2.35. The lowest BCUT2D eigenvalue weighted by Crippen LogP contribution is -2.32. The summed E-state index contributed by atoms with van der Waals surface area (Å²) in [5, 5.41) is 2.82. The van der Waals surface area contributed by atoms with Crippen molar-refractivity contribution >= 4 is 13.7 Å². The van der Waals surface area contributed by atoms with E-state index >= 15 is 0 Å². The Balaban J connectivity index is 2.54. The molecule has 1 rings (SSSR count). The average molecular weight is 343 g/mol. The molecule has 1 aromatic carbocycles. The van der Waals surface area contributed by atoms with Gasteiger partial charge in [-0.15, -0.1) is 0 Å². The van der Waals surface area contributed by atoms with E-state index in [1.165, 1.54) is 12.8 Å². The Hall–Kier alpha value is -1.20. The van der Waals surface area contributed by atoms with Crippen LogP contribution < -0.4 is 5.32 Å². The van der Waals surface area contributed by atoms with Crippen LogP contribution in [0, 0.1) is 0 Å². The van der Waals surface area contributed by atoms with Crippen LogP contribution in [0.25, 0.3) is 0 Å². The van der Waals surface area contributed by atoms with Crippen molar-refractivity contribution in [3.8, 4) is 0 Å². The van der Waals surface area contributed by atoms with Crippen molar-refractivity contribution in [2.75, 3.05) is 13.2 Å². The Morgan fingerprint density at radius 1 is 1.17 bits per heavy atom. The largest absolute Gasteiger partial charge is 0.469 e. The van der Waals surface area contributed by atoms with Crippen LogP contribution in [0.4, 0.5) is 0 Å². The monoisotopic (exact) mass is 343 g/mol. The topological polar surface area (TPSA) is 95.9 Å². The Bertz CT molecular complexity index is 502. The first-order chi connectivity index (χ1) is 10.9. The fraction of sp³-hybridized carbons (Fsp3) is 0.562. The highest BCUT2D eigenvalue weighted by Crippen LogP contribution is 2.37. The number of carbonyl (C=O) groups is 1. The van der Waals surface area contributed by atoms with E-state index in [9.17, 15) is 9.36 Å². The zero-order valence-corrected chi connectivity index (χ0v) is 14.4. The van der Waals surface area contributed by atoms with E-state index in [0.717, 1.165) is 19.3 Å². The van der Waals surface area contributed by atoms with Gasteiger partial charge in [-0.25, -0.2) is 4.57 Å². The highest BCUT2D eigenvalue weighted by molar-refractivity contribution is 7.46. The van der Waals surface area contributed by atoms with Crippen LogP contribution in [0.3, 0.4) is 0 Å². The number of carbonyl (C=O) groups excluding carboxylic acids is 1. The van der Waals surface area contributed by atoms with Gasteiger partial charge in [0.1, 0.15) is 0 Å². The third kappa shape index (κ3) is 8.86. The number of benzene rings is 1. The summed E-state index contributed by atoms with van der Waals surface area (Å²) in [6, 6.07) is 8.86. The van der Waals surface area contributed by atoms with E-state index in [4.69, 9.17) is 9.79 Å². The van der Waals surface area contributed by atoms with E-state index in [2.05, 4.69) is 16.8 Å². The zero-order valence-electron chi connectivity index (χ0n) is 13.5. The second-order valence-corrected chi connectivity index (χ2v) is 6.69. The fourth-order valence-corrected chi connectivity index (χ4v) is 2.59. The predicted molar refractivity (Wildman–Crippen MR) is 88.9 cm³/mol. The second-order valence-electron chi connectivity index (χ2n) is 5.45. The van der Waals surface area contributed by atoms with Gasteiger partial charge in [0.15, 0.2) is 0 Å². The van der Waals surface area contributed by atoms with Gasteiger partial charge >= 0.3 is 7.82 Å². The molecule has 0 aliphatic rings. The first-order valence-electron chi connectivity index (χ1n) is 7.96. The maximum atomic E-state index is 12.3. The van der Waals surface area contributed by atoms with Gasteiger partial charge in [0.05, 0.1) is 12.5 Å². The normalized spacial score (nSPS) is 12.8. The third-order valence-electron chi connectivity index (χ3n) is 3.51. The summed E-state index contributed by atoms with van der Waals surface area (Å²) in [5.41, 5.74) is 0.671. The molecule has 1 amide bonds. The zero-order chi connectivity index (χ0) is 17.1. The molecule has 130 valence electrons. The maximum Gasteiger partial charge on any atom is 0.469 e. The van der Waals surface area contributed by atoms with E-state index in [-0.39, 0.29) is 12.5 Å². The minimum absolute atomic E-state index is 0.278. The second kappa shape index (κ2) is 10.6. The van der Waals surface area contributed by atoms with Crippen LogP contribution in [-0.4, -0.2) is 28.8 Å². The minimum atomic E-state index is -4.60. The predicted octanol–water partition coefficient (Wildman–Crippen LogP) is 2.97. The van der Waals surface area contributed by atoms with E-state index in [0.29, 0.717) is 12.1 Å². The van der Waals surface area contributed by atoms with Gasteiger partial charge < -0.3 is 15.1 Å². The molecule has 1 unspecified atom stereocenters. The van der Waals surface area contributed by atoms with Crippen molar-refractivity contribution in [3.63, 3.8) is 0 Å². The third-order valence-corrected chi connectivity index (χ3v) is 3.99. The Labute approximate surface area is 137 Å². The Kier molecular flexibility index (Phi) is 9.10. The van der Waals surface area contributed by atoms with E-state index in [1.54, 1.807) is 24.3 Å². The van der Waals surface area contributed by atoms with Crippen LogP contribution in [0.1, 0.15) is 50.5 Å². The molecule has 0 saturated carbocycles. The van der Waals surface area contributed by atoms with Crippen molar-refractivity contribution in [1.29, 1.82) is 0 Å². The molecular weight excluding hydrogens is 317 g/mol. The molecule has 1 aromatic rings. The van der Waals surface area contributed by atoms with Crippen molar-refractivity contribution < 1.29 is 23.7 Å². The molecule has 0 aliphatic carbocycles. The summed E-state index contributed by atoms with van der Waals surface area (Å²) in [4.78, 5) is 30.0. The molecule has 7 heteroatoms. The quantitative estimate of drug-likeness (QED) is 0.424. The number of unbranched alkanes of at least 4 members (excludes halogenated alkanes) is 4. The summed E-state index contributed by atoms with van der Waals surface area (Å²) in [6.07, 6.45) is 5.46. The van der Waals surface area contributed by atoms with Crippen LogP contribution in [0.5, 0.6) is 0 Å². The number of phosphoric ester groups is 1. The van der Waals surface area contributed by atoms with Gasteiger partial charge in [-0.3, -0.25) is 9.32 Å². The maximum absolute atomic E-state index is 12.3. The average Bonchev–Trinajstić information content (AvgIpc) is 2.51. The van der Waals surface area contributed by atoms with Gasteiger partial charge in [-0.05, 0) is 12.0 Å². The molecule has 0 heterocycles. The molecule has 6 nitrogen and oxygen atoms in total. The number of hydrogen-bond donors (Lipinski definition) is 3. The number of nitrogens with one attached hydrogen (secondary N) is 1. The minimum Gasteiger partial charge on any atom is -0.355 e.